The Bertz CT molecular complexity index is 1060. The normalized spacial score (nSPS) is 14.4. The Balaban J connectivity index is 1.38. The number of amides is 2. The summed E-state index contributed by atoms with van der Waals surface area (Å²) >= 11 is 2.86. The van der Waals surface area contributed by atoms with Crippen molar-refractivity contribution in [3.05, 3.63) is 42.5 Å². The molecule has 1 fully saturated rings. The Kier molecular flexibility index (Phi) is 5.73. The van der Waals surface area contributed by atoms with Gasteiger partial charge in [0.05, 0.1) is 22.6 Å². The molecule has 29 heavy (non-hydrogen) atoms. The van der Waals surface area contributed by atoms with E-state index in [0.717, 1.165) is 39.4 Å². The summed E-state index contributed by atoms with van der Waals surface area (Å²) in [6, 6.07) is 13.2. The first kappa shape index (κ1) is 19.7. The standard InChI is InChI=1S/C21H21N3O3S2/c1-12(28-16-5-3-4-14(10-16)22-20(26)13-6-7-13)19(25)24-21-23-17-9-8-15(27-2)11-18(17)29-21/h3-5,8-13H,6-7H2,1-2H3,(H,22,26)(H,23,24,25). The number of thioether (sulfide) groups is 1. The van der Waals surface area contributed by atoms with Crippen molar-refractivity contribution in [2.45, 2.75) is 29.9 Å². The number of hydrogen-bond acceptors (Lipinski definition) is 6. The van der Waals surface area contributed by atoms with Crippen LogP contribution in [-0.2, 0) is 9.59 Å². The van der Waals surface area contributed by atoms with Crippen LogP contribution < -0.4 is 15.4 Å². The number of thiazole rings is 1. The number of rotatable bonds is 7. The molecule has 2 N–H and O–H groups in total. The number of fused-ring (bicyclic) bond motifs is 1. The average molecular weight is 428 g/mol. The van der Waals surface area contributed by atoms with Gasteiger partial charge in [-0.1, -0.05) is 17.4 Å². The van der Waals surface area contributed by atoms with Crippen LogP contribution in [0.15, 0.2) is 47.4 Å². The summed E-state index contributed by atoms with van der Waals surface area (Å²) in [5.74, 6) is 0.875. The minimum atomic E-state index is -0.314. The summed E-state index contributed by atoms with van der Waals surface area (Å²) in [5.41, 5.74) is 1.59. The number of nitrogens with zero attached hydrogens (tertiary/aromatic N) is 1. The van der Waals surface area contributed by atoms with Crippen LogP contribution in [0.2, 0.25) is 0 Å². The molecule has 3 aromatic rings. The molecule has 0 aliphatic heterocycles. The lowest BCUT2D eigenvalue weighted by Crippen LogP contribution is -2.22. The van der Waals surface area contributed by atoms with Crippen LogP contribution in [-0.4, -0.2) is 29.2 Å². The van der Waals surface area contributed by atoms with Gasteiger partial charge in [-0.25, -0.2) is 4.98 Å². The molecule has 4 rings (SSSR count). The number of carbonyl (C=O) groups is 2. The number of aromatic nitrogens is 1. The SMILES string of the molecule is COc1ccc2nc(NC(=O)C(C)Sc3cccc(NC(=O)C4CC4)c3)sc2c1. The number of methoxy groups -OCH3 is 1. The molecule has 1 aliphatic carbocycles. The van der Waals surface area contributed by atoms with E-state index in [0.29, 0.717) is 5.13 Å². The van der Waals surface area contributed by atoms with Gasteiger partial charge < -0.3 is 15.4 Å². The minimum absolute atomic E-state index is 0.0745. The van der Waals surface area contributed by atoms with Gasteiger partial charge in [-0.15, -0.1) is 11.8 Å². The monoisotopic (exact) mass is 427 g/mol. The molecular weight excluding hydrogens is 406 g/mol. The van der Waals surface area contributed by atoms with Gasteiger partial charge in [0.15, 0.2) is 5.13 Å². The summed E-state index contributed by atoms with van der Waals surface area (Å²) in [5, 5.41) is 6.09. The molecular formula is C21H21N3O3S2. The lowest BCUT2D eigenvalue weighted by atomic mass is 10.3. The van der Waals surface area contributed by atoms with Gasteiger partial charge in [0.25, 0.3) is 0 Å². The van der Waals surface area contributed by atoms with Gasteiger partial charge in [-0.2, -0.15) is 0 Å². The first-order valence-electron chi connectivity index (χ1n) is 9.35. The smallest absolute Gasteiger partial charge is 0.239 e. The van der Waals surface area contributed by atoms with Crippen molar-refractivity contribution in [1.82, 2.24) is 4.98 Å². The van der Waals surface area contributed by atoms with Crippen molar-refractivity contribution in [3.8, 4) is 5.75 Å². The van der Waals surface area contributed by atoms with Crippen LogP contribution in [0.3, 0.4) is 0 Å². The van der Waals surface area contributed by atoms with E-state index in [4.69, 9.17) is 4.74 Å². The van der Waals surface area contributed by atoms with Crippen LogP contribution in [0.25, 0.3) is 10.2 Å². The van der Waals surface area contributed by atoms with Gasteiger partial charge >= 0.3 is 0 Å². The fraction of sp³-hybridized carbons (Fsp3) is 0.286. The van der Waals surface area contributed by atoms with Crippen molar-refractivity contribution in [3.63, 3.8) is 0 Å². The lowest BCUT2D eigenvalue weighted by molar-refractivity contribution is -0.117. The lowest BCUT2D eigenvalue weighted by Gasteiger charge is -2.12. The van der Waals surface area contributed by atoms with Gasteiger partial charge in [0, 0.05) is 16.5 Å². The summed E-state index contributed by atoms with van der Waals surface area (Å²) < 4.78 is 6.19. The fourth-order valence-corrected chi connectivity index (χ4v) is 4.61. The average Bonchev–Trinajstić information content (AvgIpc) is 3.48. The zero-order valence-electron chi connectivity index (χ0n) is 16.1. The molecule has 0 radical (unpaired) electrons. The molecule has 0 spiro atoms. The van der Waals surface area contributed by atoms with Crippen molar-refractivity contribution in [2.24, 2.45) is 5.92 Å². The van der Waals surface area contributed by atoms with Crippen LogP contribution >= 0.6 is 23.1 Å². The van der Waals surface area contributed by atoms with E-state index in [1.165, 1.54) is 23.1 Å². The van der Waals surface area contributed by atoms with Crippen molar-refractivity contribution < 1.29 is 14.3 Å². The number of hydrogen-bond donors (Lipinski definition) is 2. The molecule has 6 nitrogen and oxygen atoms in total. The number of anilines is 2. The van der Waals surface area contributed by atoms with E-state index >= 15 is 0 Å². The second-order valence-electron chi connectivity index (χ2n) is 6.89. The predicted octanol–water partition coefficient (Wildman–Crippen LogP) is 4.77. The van der Waals surface area contributed by atoms with E-state index in [2.05, 4.69) is 15.6 Å². The summed E-state index contributed by atoms with van der Waals surface area (Å²) in [6.45, 7) is 1.85. The summed E-state index contributed by atoms with van der Waals surface area (Å²) in [7, 11) is 1.62. The predicted molar refractivity (Wildman–Crippen MR) is 118 cm³/mol. The van der Waals surface area contributed by atoms with E-state index in [-0.39, 0.29) is 23.0 Å². The van der Waals surface area contributed by atoms with Crippen molar-refractivity contribution in [2.75, 3.05) is 17.7 Å². The molecule has 1 atom stereocenters. The van der Waals surface area contributed by atoms with Gasteiger partial charge in [0.2, 0.25) is 11.8 Å². The molecule has 1 heterocycles. The van der Waals surface area contributed by atoms with Crippen molar-refractivity contribution in [1.29, 1.82) is 0 Å². The van der Waals surface area contributed by atoms with Gasteiger partial charge in [0.1, 0.15) is 5.75 Å². The second kappa shape index (κ2) is 8.42. The number of benzene rings is 2. The highest BCUT2D eigenvalue weighted by atomic mass is 32.2. The Hall–Kier alpha value is -2.58. The third kappa shape index (κ3) is 4.89. The van der Waals surface area contributed by atoms with Crippen molar-refractivity contribution >= 4 is 55.9 Å². The maximum atomic E-state index is 12.6. The van der Waals surface area contributed by atoms with E-state index in [9.17, 15) is 9.59 Å². The summed E-state index contributed by atoms with van der Waals surface area (Å²) in [6.07, 6.45) is 1.94. The van der Waals surface area contributed by atoms with Crippen LogP contribution in [0.1, 0.15) is 19.8 Å². The Morgan fingerprint density at radius 3 is 2.79 bits per heavy atom. The third-order valence-electron chi connectivity index (χ3n) is 4.56. The van der Waals surface area contributed by atoms with E-state index in [1.807, 2.05) is 49.4 Å². The highest BCUT2D eigenvalue weighted by Crippen LogP contribution is 2.32. The molecule has 2 amide bonds. The zero-order chi connectivity index (χ0) is 20.4. The van der Waals surface area contributed by atoms with E-state index < -0.39 is 0 Å². The molecule has 150 valence electrons. The zero-order valence-corrected chi connectivity index (χ0v) is 17.7. The van der Waals surface area contributed by atoms with Gasteiger partial charge in [-0.3, -0.25) is 9.59 Å². The highest BCUT2D eigenvalue weighted by Gasteiger charge is 2.29. The van der Waals surface area contributed by atoms with Crippen LogP contribution in [0, 0.1) is 5.92 Å². The van der Waals surface area contributed by atoms with Crippen LogP contribution in [0.4, 0.5) is 10.8 Å². The number of carbonyl (C=O) groups excluding carboxylic acids is 2. The number of nitrogens with one attached hydrogen (secondary N) is 2. The molecule has 1 saturated carbocycles. The molecule has 1 aliphatic rings. The maximum Gasteiger partial charge on any atom is 0.239 e. The largest absolute Gasteiger partial charge is 0.497 e. The quantitative estimate of drug-likeness (QED) is 0.531. The Morgan fingerprint density at radius 1 is 1.21 bits per heavy atom. The Morgan fingerprint density at radius 2 is 2.03 bits per heavy atom. The molecule has 1 aromatic heterocycles. The topological polar surface area (TPSA) is 80.3 Å². The molecule has 1 unspecified atom stereocenters. The fourth-order valence-electron chi connectivity index (χ4n) is 2.79. The molecule has 2 aromatic carbocycles. The first-order chi connectivity index (χ1) is 14.0. The molecule has 0 saturated heterocycles. The third-order valence-corrected chi connectivity index (χ3v) is 6.58. The summed E-state index contributed by atoms with van der Waals surface area (Å²) in [4.78, 5) is 29.9. The Labute approximate surface area is 177 Å². The first-order valence-corrected chi connectivity index (χ1v) is 11.0. The van der Waals surface area contributed by atoms with E-state index in [1.54, 1.807) is 7.11 Å². The minimum Gasteiger partial charge on any atom is -0.497 e. The second-order valence-corrected chi connectivity index (χ2v) is 9.34. The maximum absolute atomic E-state index is 12.6. The van der Waals surface area contributed by atoms with Gasteiger partial charge in [-0.05, 0) is 56.2 Å². The number of ether oxygens (including phenoxy) is 1. The molecule has 8 heteroatoms. The highest BCUT2D eigenvalue weighted by molar-refractivity contribution is 8.00. The van der Waals surface area contributed by atoms with Crippen LogP contribution in [0.5, 0.6) is 5.75 Å². The molecule has 0 bridgehead atoms.